The summed E-state index contributed by atoms with van der Waals surface area (Å²) in [5, 5.41) is 28.3. The van der Waals surface area contributed by atoms with Gasteiger partial charge in [-0.25, -0.2) is 0 Å². The lowest BCUT2D eigenvalue weighted by Gasteiger charge is -2.17. The number of ether oxygens (including phenoxy) is 1. The van der Waals surface area contributed by atoms with Gasteiger partial charge in [-0.2, -0.15) is 0 Å². The van der Waals surface area contributed by atoms with E-state index in [9.17, 15) is 15.0 Å². The van der Waals surface area contributed by atoms with Crippen molar-refractivity contribution in [1.82, 2.24) is 9.55 Å². The molecule has 1 fully saturated rings. The first-order chi connectivity index (χ1) is 11.0. The molecule has 0 amide bonds. The van der Waals surface area contributed by atoms with Gasteiger partial charge in [0, 0.05) is 12.3 Å². The van der Waals surface area contributed by atoms with Gasteiger partial charge in [-0.1, -0.05) is 0 Å². The van der Waals surface area contributed by atoms with Crippen LogP contribution in [0.15, 0.2) is 56.5 Å². The molecule has 0 aliphatic carbocycles. The first-order valence-corrected chi connectivity index (χ1v) is 6.89. The molecule has 1 aliphatic heterocycles. The van der Waals surface area contributed by atoms with Crippen molar-refractivity contribution in [2.75, 3.05) is 6.61 Å². The van der Waals surface area contributed by atoms with Crippen LogP contribution in [0, 0.1) is 4.77 Å². The molecule has 0 aromatic carbocycles. The second-order valence-electron chi connectivity index (χ2n) is 3.75. The summed E-state index contributed by atoms with van der Waals surface area (Å²) in [4.78, 5) is 13.4. The second-order valence-corrected chi connectivity index (χ2v) is 4.13. The van der Waals surface area contributed by atoms with Gasteiger partial charge in [0.25, 0.3) is 5.56 Å². The van der Waals surface area contributed by atoms with E-state index < -0.39 is 31.1 Å². The third kappa shape index (κ3) is 6.05. The highest BCUT2D eigenvalue weighted by atomic mass is 32.1. The maximum absolute atomic E-state index is 11.0. The number of aromatic amines is 1. The quantitative estimate of drug-likeness (QED) is 0.469. The predicted octanol–water partition coefficient (Wildman–Crippen LogP) is 0.924. The standard InChI is InChI=1S/C9H12N2O5S.3C2H4/c12-3-4-6(14)7(15)8(16-4)11-2-1-5(13)10-9(11)17;3*1-2/h1-2,4,6-8,12,14-15H,3H2,(H,10,13,17);3*1-2H2/t4-,6-,7-,8-;;;/m1.../s1. The van der Waals surface area contributed by atoms with Crippen LogP contribution < -0.4 is 5.56 Å². The van der Waals surface area contributed by atoms with E-state index in [1.165, 1.54) is 16.8 Å². The summed E-state index contributed by atoms with van der Waals surface area (Å²) in [7, 11) is 0. The minimum absolute atomic E-state index is 0.0762. The largest absolute Gasteiger partial charge is 0.394 e. The molecular weight excluding hydrogens is 320 g/mol. The molecular formula is C15H24N2O5S. The van der Waals surface area contributed by atoms with Gasteiger partial charge in [-0.05, 0) is 12.2 Å². The van der Waals surface area contributed by atoms with Crippen molar-refractivity contribution in [1.29, 1.82) is 0 Å². The number of nitrogens with zero attached hydrogens (tertiary/aromatic N) is 1. The summed E-state index contributed by atoms with van der Waals surface area (Å²) in [6.07, 6.45) is -2.85. The molecule has 0 spiro atoms. The number of hydrogen-bond acceptors (Lipinski definition) is 6. The third-order valence-electron chi connectivity index (χ3n) is 2.64. The molecule has 0 saturated carbocycles. The molecule has 7 nitrogen and oxygen atoms in total. The smallest absolute Gasteiger partial charge is 0.251 e. The summed E-state index contributed by atoms with van der Waals surface area (Å²) in [5.41, 5.74) is -0.363. The van der Waals surface area contributed by atoms with Gasteiger partial charge in [0.2, 0.25) is 0 Å². The van der Waals surface area contributed by atoms with Crippen LogP contribution in [0.5, 0.6) is 0 Å². The molecule has 1 saturated heterocycles. The van der Waals surface area contributed by atoms with Crippen LogP contribution in [-0.2, 0) is 4.74 Å². The van der Waals surface area contributed by atoms with E-state index >= 15 is 0 Å². The molecule has 0 unspecified atom stereocenters. The van der Waals surface area contributed by atoms with Crippen molar-refractivity contribution in [2.45, 2.75) is 24.5 Å². The Labute approximate surface area is 140 Å². The Morgan fingerprint density at radius 3 is 2.09 bits per heavy atom. The molecule has 4 N–H and O–H groups in total. The monoisotopic (exact) mass is 344 g/mol. The molecule has 1 aliphatic rings. The first-order valence-electron chi connectivity index (χ1n) is 6.48. The zero-order chi connectivity index (χ0) is 18.6. The highest BCUT2D eigenvalue weighted by Crippen LogP contribution is 2.28. The average molecular weight is 344 g/mol. The maximum Gasteiger partial charge on any atom is 0.251 e. The molecule has 4 atom stereocenters. The van der Waals surface area contributed by atoms with Crippen LogP contribution in [0.1, 0.15) is 6.23 Å². The van der Waals surface area contributed by atoms with Crippen LogP contribution in [0.4, 0.5) is 0 Å². The normalized spacial score (nSPS) is 24.8. The van der Waals surface area contributed by atoms with Gasteiger partial charge in [0.15, 0.2) is 11.0 Å². The Bertz CT molecular complexity index is 555. The lowest BCUT2D eigenvalue weighted by Crippen LogP contribution is -2.33. The summed E-state index contributed by atoms with van der Waals surface area (Å²) in [5.74, 6) is 0. The summed E-state index contributed by atoms with van der Waals surface area (Å²) < 4.78 is 6.66. The summed E-state index contributed by atoms with van der Waals surface area (Å²) in [6.45, 7) is 17.6. The van der Waals surface area contributed by atoms with Crippen LogP contribution >= 0.6 is 12.2 Å². The highest BCUT2D eigenvalue weighted by molar-refractivity contribution is 7.71. The van der Waals surface area contributed by atoms with Crippen molar-refractivity contribution in [3.63, 3.8) is 0 Å². The Kier molecular flexibility index (Phi) is 12.9. The Morgan fingerprint density at radius 1 is 1.17 bits per heavy atom. The molecule has 2 heterocycles. The molecule has 2 rings (SSSR count). The SMILES string of the molecule is C=C.C=C.C=C.O=c1ccn([C@@H]2O[C@H](CO)[C@@H](O)[C@H]2O)c(=S)[nH]1. The number of H-pyrrole nitrogens is 1. The predicted molar refractivity (Wildman–Crippen MR) is 92.7 cm³/mol. The van der Waals surface area contributed by atoms with Crippen molar-refractivity contribution >= 4 is 12.2 Å². The minimum Gasteiger partial charge on any atom is -0.394 e. The third-order valence-corrected chi connectivity index (χ3v) is 2.96. The lowest BCUT2D eigenvalue weighted by molar-refractivity contribution is -0.0541. The van der Waals surface area contributed by atoms with Gasteiger partial charge in [0.1, 0.15) is 18.3 Å². The van der Waals surface area contributed by atoms with Gasteiger partial charge in [-0.15, -0.1) is 39.5 Å². The van der Waals surface area contributed by atoms with E-state index in [-0.39, 0.29) is 10.3 Å². The molecule has 0 bridgehead atoms. The number of aliphatic hydroxyl groups excluding tert-OH is 3. The van der Waals surface area contributed by atoms with E-state index in [2.05, 4.69) is 44.5 Å². The lowest BCUT2D eigenvalue weighted by atomic mass is 10.1. The van der Waals surface area contributed by atoms with Crippen molar-refractivity contribution in [2.24, 2.45) is 0 Å². The van der Waals surface area contributed by atoms with Gasteiger partial charge in [-0.3, -0.25) is 14.3 Å². The van der Waals surface area contributed by atoms with E-state index in [1.54, 1.807) is 0 Å². The zero-order valence-corrected chi connectivity index (χ0v) is 13.7. The number of rotatable bonds is 2. The first kappa shape index (κ1) is 23.4. The number of nitrogens with one attached hydrogen (secondary N) is 1. The Hall–Kier alpha value is -1.84. The summed E-state index contributed by atoms with van der Waals surface area (Å²) >= 11 is 4.91. The fraction of sp³-hybridized carbons (Fsp3) is 0.333. The fourth-order valence-electron chi connectivity index (χ4n) is 1.74. The van der Waals surface area contributed by atoms with Gasteiger partial charge in [0.05, 0.1) is 6.61 Å². The fourth-order valence-corrected chi connectivity index (χ4v) is 2.00. The van der Waals surface area contributed by atoms with E-state index in [0.29, 0.717) is 0 Å². The minimum atomic E-state index is -1.22. The van der Waals surface area contributed by atoms with Gasteiger partial charge < -0.3 is 20.1 Å². The van der Waals surface area contributed by atoms with Crippen LogP contribution in [0.2, 0.25) is 0 Å². The topological polar surface area (TPSA) is 108 Å². The second kappa shape index (κ2) is 12.7. The van der Waals surface area contributed by atoms with Crippen LogP contribution in [0.3, 0.4) is 0 Å². The van der Waals surface area contributed by atoms with Crippen molar-refractivity contribution in [3.8, 4) is 0 Å². The van der Waals surface area contributed by atoms with Crippen molar-refractivity contribution < 1.29 is 20.1 Å². The van der Waals surface area contributed by atoms with Crippen LogP contribution in [-0.4, -0.2) is 49.8 Å². The number of aromatic nitrogens is 2. The Morgan fingerprint density at radius 2 is 1.70 bits per heavy atom. The molecule has 8 heteroatoms. The average Bonchev–Trinajstić information content (AvgIpc) is 2.88. The molecule has 0 radical (unpaired) electrons. The van der Waals surface area contributed by atoms with E-state index in [1.807, 2.05) is 0 Å². The summed E-state index contributed by atoms with van der Waals surface area (Å²) in [6, 6.07) is 1.23. The van der Waals surface area contributed by atoms with E-state index in [0.717, 1.165) is 0 Å². The number of hydrogen-bond donors (Lipinski definition) is 4. The van der Waals surface area contributed by atoms with Crippen molar-refractivity contribution in [3.05, 3.63) is 66.9 Å². The maximum atomic E-state index is 11.0. The zero-order valence-electron chi connectivity index (χ0n) is 12.9. The highest BCUT2D eigenvalue weighted by Gasteiger charge is 2.43. The molecule has 130 valence electrons. The Balaban J connectivity index is 0. The molecule has 23 heavy (non-hydrogen) atoms. The number of aliphatic hydroxyl groups is 3. The molecule has 1 aromatic rings. The van der Waals surface area contributed by atoms with Gasteiger partial charge >= 0.3 is 0 Å². The molecule has 1 aromatic heterocycles. The van der Waals surface area contributed by atoms with E-state index in [4.69, 9.17) is 22.1 Å². The van der Waals surface area contributed by atoms with Crippen LogP contribution in [0.25, 0.3) is 0 Å².